The van der Waals surface area contributed by atoms with E-state index in [1.54, 1.807) is 19.9 Å². The van der Waals surface area contributed by atoms with Crippen LogP contribution < -0.4 is 0 Å². The Morgan fingerprint density at radius 2 is 2.22 bits per heavy atom. The first kappa shape index (κ1) is 7.95. The second-order valence-corrected chi connectivity index (χ2v) is 1.62. The second-order valence-electron chi connectivity index (χ2n) is 1.62. The first-order valence-electron chi connectivity index (χ1n) is 2.67. The second kappa shape index (κ2) is 3.89. The van der Waals surface area contributed by atoms with Gasteiger partial charge in [-0.1, -0.05) is 12.7 Å². The molecule has 0 saturated heterocycles. The highest BCUT2D eigenvalue weighted by atomic mass is 16.5. The van der Waals surface area contributed by atoms with E-state index >= 15 is 0 Å². The molecule has 0 bridgehead atoms. The molecule has 0 radical (unpaired) electrons. The van der Waals surface area contributed by atoms with E-state index in [1.165, 1.54) is 6.08 Å². The van der Waals surface area contributed by atoms with Crippen LogP contribution in [0.4, 0.5) is 0 Å². The predicted octanol–water partition coefficient (Wildman–Crippen LogP) is 1.64. The lowest BCUT2D eigenvalue weighted by atomic mass is 10.5. The van der Waals surface area contributed by atoms with E-state index in [4.69, 9.17) is 0 Å². The van der Waals surface area contributed by atoms with E-state index in [-0.39, 0.29) is 5.97 Å². The summed E-state index contributed by atoms with van der Waals surface area (Å²) in [7, 11) is 0. The van der Waals surface area contributed by atoms with Crippen molar-refractivity contribution in [3.05, 3.63) is 24.5 Å². The van der Waals surface area contributed by atoms with Crippen LogP contribution in [0.25, 0.3) is 0 Å². The van der Waals surface area contributed by atoms with Crippen molar-refractivity contribution in [2.24, 2.45) is 0 Å². The third kappa shape index (κ3) is 4.81. The van der Waals surface area contributed by atoms with Crippen LogP contribution in [0.1, 0.15) is 13.8 Å². The number of hydrogen-bond donors (Lipinski definition) is 0. The zero-order valence-corrected chi connectivity index (χ0v) is 5.68. The first-order valence-corrected chi connectivity index (χ1v) is 2.67. The Morgan fingerprint density at radius 3 is 2.56 bits per heavy atom. The normalized spacial score (nSPS) is 9.56. The molecule has 0 atom stereocenters. The van der Waals surface area contributed by atoms with Gasteiger partial charge in [-0.25, -0.2) is 4.79 Å². The fourth-order valence-corrected chi connectivity index (χ4v) is 0.342. The summed E-state index contributed by atoms with van der Waals surface area (Å²) in [4.78, 5) is 10.5. The van der Waals surface area contributed by atoms with Crippen LogP contribution in [0.15, 0.2) is 24.5 Å². The Hall–Kier alpha value is -1.05. The minimum absolute atomic E-state index is 0.370. The fourth-order valence-electron chi connectivity index (χ4n) is 0.342. The van der Waals surface area contributed by atoms with Gasteiger partial charge in [0.2, 0.25) is 0 Å². The maximum atomic E-state index is 10.5. The van der Waals surface area contributed by atoms with Crippen LogP contribution in [-0.4, -0.2) is 5.97 Å². The van der Waals surface area contributed by atoms with Gasteiger partial charge in [0.1, 0.15) is 0 Å². The van der Waals surface area contributed by atoms with Gasteiger partial charge in [0.05, 0.1) is 5.76 Å². The van der Waals surface area contributed by atoms with Crippen LogP contribution in [0, 0.1) is 0 Å². The Morgan fingerprint density at radius 1 is 1.67 bits per heavy atom. The van der Waals surface area contributed by atoms with Gasteiger partial charge in [0, 0.05) is 6.08 Å². The van der Waals surface area contributed by atoms with Crippen LogP contribution in [-0.2, 0) is 9.53 Å². The summed E-state index contributed by atoms with van der Waals surface area (Å²) >= 11 is 0. The van der Waals surface area contributed by atoms with Gasteiger partial charge in [-0.3, -0.25) is 0 Å². The lowest BCUT2D eigenvalue weighted by Crippen LogP contribution is -1.96. The number of hydrogen-bond acceptors (Lipinski definition) is 2. The van der Waals surface area contributed by atoms with Crippen LogP contribution in [0.3, 0.4) is 0 Å². The number of allylic oxidation sites excluding steroid dienone is 2. The summed E-state index contributed by atoms with van der Waals surface area (Å²) in [5, 5.41) is 0. The quantitative estimate of drug-likeness (QED) is 0.319. The maximum Gasteiger partial charge on any atom is 0.335 e. The van der Waals surface area contributed by atoms with Crippen molar-refractivity contribution in [3.63, 3.8) is 0 Å². The maximum absolute atomic E-state index is 10.5. The van der Waals surface area contributed by atoms with Gasteiger partial charge in [0.15, 0.2) is 0 Å². The molecule has 0 rings (SSSR count). The van der Waals surface area contributed by atoms with E-state index in [1.807, 2.05) is 0 Å². The Balaban J connectivity index is 3.64. The van der Waals surface area contributed by atoms with E-state index in [9.17, 15) is 4.79 Å². The summed E-state index contributed by atoms with van der Waals surface area (Å²) in [5.74, 6) is 0.0445. The van der Waals surface area contributed by atoms with Gasteiger partial charge in [-0.15, -0.1) is 0 Å². The van der Waals surface area contributed by atoms with Crippen molar-refractivity contribution in [1.82, 2.24) is 0 Å². The molecular formula is C7H10O2. The molecule has 2 nitrogen and oxygen atoms in total. The highest BCUT2D eigenvalue weighted by molar-refractivity contribution is 5.82. The van der Waals surface area contributed by atoms with Gasteiger partial charge in [0.25, 0.3) is 0 Å². The Bertz CT molecular complexity index is 145. The lowest BCUT2D eigenvalue weighted by Gasteiger charge is -1.95. The smallest absolute Gasteiger partial charge is 0.335 e. The molecule has 50 valence electrons. The van der Waals surface area contributed by atoms with Gasteiger partial charge in [-0.2, -0.15) is 0 Å². The number of rotatable bonds is 2. The van der Waals surface area contributed by atoms with Crippen molar-refractivity contribution >= 4 is 5.97 Å². The van der Waals surface area contributed by atoms with Crippen LogP contribution >= 0.6 is 0 Å². The topological polar surface area (TPSA) is 26.3 Å². The average molecular weight is 126 g/mol. The zero-order chi connectivity index (χ0) is 7.28. The number of ether oxygens (including phenoxy) is 1. The number of carbonyl (C=O) groups is 1. The fraction of sp³-hybridized carbons (Fsp3) is 0.286. The van der Waals surface area contributed by atoms with Crippen LogP contribution in [0.2, 0.25) is 0 Å². The first-order chi connectivity index (χ1) is 4.16. The molecule has 0 aliphatic rings. The molecule has 0 amide bonds. The monoisotopic (exact) mass is 126 g/mol. The molecule has 0 aliphatic heterocycles. The SMILES string of the molecule is C=C(C)OC(=O)/C=C/C. The predicted molar refractivity (Wildman–Crippen MR) is 35.7 cm³/mol. The van der Waals surface area contributed by atoms with Crippen molar-refractivity contribution < 1.29 is 9.53 Å². The highest BCUT2D eigenvalue weighted by Gasteiger charge is 1.92. The van der Waals surface area contributed by atoms with E-state index in [2.05, 4.69) is 11.3 Å². The van der Waals surface area contributed by atoms with Crippen molar-refractivity contribution in [2.75, 3.05) is 0 Å². The summed E-state index contributed by atoms with van der Waals surface area (Å²) in [5.41, 5.74) is 0. The molecule has 2 heteroatoms. The molecule has 0 fully saturated rings. The largest absolute Gasteiger partial charge is 0.429 e. The molecule has 0 N–H and O–H groups in total. The summed E-state index contributed by atoms with van der Waals surface area (Å²) in [6.45, 7) is 6.78. The van der Waals surface area contributed by atoms with E-state index in [0.717, 1.165) is 0 Å². The third-order valence-electron chi connectivity index (χ3n) is 0.578. The van der Waals surface area contributed by atoms with Crippen molar-refractivity contribution in [2.45, 2.75) is 13.8 Å². The molecule has 0 heterocycles. The molecule has 0 aromatic carbocycles. The third-order valence-corrected chi connectivity index (χ3v) is 0.578. The molecule has 0 aromatic rings. The van der Waals surface area contributed by atoms with E-state index < -0.39 is 0 Å². The van der Waals surface area contributed by atoms with Gasteiger partial charge in [-0.05, 0) is 13.8 Å². The molecule has 0 aromatic heterocycles. The average Bonchev–Trinajstić information content (AvgIpc) is 1.63. The van der Waals surface area contributed by atoms with Crippen molar-refractivity contribution in [3.8, 4) is 0 Å². The summed E-state index contributed by atoms with van der Waals surface area (Å²) in [6.07, 6.45) is 2.96. The number of esters is 1. The number of carbonyl (C=O) groups excluding carboxylic acids is 1. The minimum atomic E-state index is -0.370. The molecular weight excluding hydrogens is 116 g/mol. The minimum Gasteiger partial charge on any atom is -0.429 e. The summed E-state index contributed by atoms with van der Waals surface area (Å²) < 4.78 is 4.57. The molecule has 9 heavy (non-hydrogen) atoms. The molecule has 0 unspecified atom stereocenters. The Labute approximate surface area is 54.8 Å². The van der Waals surface area contributed by atoms with Crippen LogP contribution in [0.5, 0.6) is 0 Å². The molecule has 0 spiro atoms. The van der Waals surface area contributed by atoms with Gasteiger partial charge >= 0.3 is 5.97 Å². The zero-order valence-electron chi connectivity index (χ0n) is 5.68. The summed E-state index contributed by atoms with van der Waals surface area (Å²) in [6, 6.07) is 0. The van der Waals surface area contributed by atoms with Crippen molar-refractivity contribution in [1.29, 1.82) is 0 Å². The Kier molecular flexibility index (Phi) is 3.44. The highest BCUT2D eigenvalue weighted by Crippen LogP contribution is 1.91. The van der Waals surface area contributed by atoms with E-state index in [0.29, 0.717) is 5.76 Å². The standard InChI is InChI=1S/C7H10O2/c1-4-5-7(8)9-6(2)3/h4-5H,2H2,1,3H3/b5-4+. The van der Waals surface area contributed by atoms with Gasteiger partial charge < -0.3 is 4.74 Å². The molecule has 0 saturated carbocycles. The lowest BCUT2D eigenvalue weighted by molar-refractivity contribution is -0.133. The molecule has 0 aliphatic carbocycles.